The molecular weight excluding hydrogens is 270 g/mol. The Hall–Kier alpha value is -2.89. The SMILES string of the molecule is O=C(O)NCCc1ccc(NC(=O)c2ccncc2)cc1. The average Bonchev–Trinajstić information content (AvgIpc) is 2.49. The molecule has 6 heteroatoms. The van der Waals surface area contributed by atoms with Crippen LogP contribution in [0, 0.1) is 0 Å². The van der Waals surface area contributed by atoms with Gasteiger partial charge in [0.2, 0.25) is 0 Å². The van der Waals surface area contributed by atoms with Crippen LogP contribution >= 0.6 is 0 Å². The molecule has 1 aromatic carbocycles. The third-order valence-corrected chi connectivity index (χ3v) is 2.84. The van der Waals surface area contributed by atoms with E-state index in [2.05, 4.69) is 15.6 Å². The summed E-state index contributed by atoms with van der Waals surface area (Å²) in [7, 11) is 0. The maximum absolute atomic E-state index is 11.9. The average molecular weight is 285 g/mol. The first-order valence-electron chi connectivity index (χ1n) is 6.42. The first-order chi connectivity index (χ1) is 10.1. The van der Waals surface area contributed by atoms with E-state index in [1.807, 2.05) is 12.1 Å². The van der Waals surface area contributed by atoms with E-state index in [0.717, 1.165) is 5.56 Å². The molecule has 2 aromatic rings. The van der Waals surface area contributed by atoms with Crippen LogP contribution in [0.1, 0.15) is 15.9 Å². The van der Waals surface area contributed by atoms with Gasteiger partial charge in [-0.05, 0) is 36.2 Å². The second-order valence-electron chi connectivity index (χ2n) is 4.37. The molecule has 0 aliphatic carbocycles. The Labute approximate surface area is 121 Å². The number of pyridine rings is 1. The maximum atomic E-state index is 11.9. The second kappa shape index (κ2) is 7.04. The van der Waals surface area contributed by atoms with Crippen LogP contribution in [-0.2, 0) is 6.42 Å². The molecule has 3 N–H and O–H groups in total. The third kappa shape index (κ3) is 4.61. The fourth-order valence-corrected chi connectivity index (χ4v) is 1.78. The van der Waals surface area contributed by atoms with E-state index in [-0.39, 0.29) is 5.91 Å². The summed E-state index contributed by atoms with van der Waals surface area (Å²) in [6.07, 6.45) is 2.70. The third-order valence-electron chi connectivity index (χ3n) is 2.84. The zero-order valence-corrected chi connectivity index (χ0v) is 11.2. The van der Waals surface area contributed by atoms with Crippen molar-refractivity contribution < 1.29 is 14.7 Å². The first-order valence-corrected chi connectivity index (χ1v) is 6.42. The lowest BCUT2D eigenvalue weighted by Gasteiger charge is -2.06. The predicted molar refractivity (Wildman–Crippen MR) is 78.4 cm³/mol. The molecule has 0 saturated heterocycles. The van der Waals surface area contributed by atoms with Crippen LogP contribution in [0.15, 0.2) is 48.8 Å². The topological polar surface area (TPSA) is 91.3 Å². The minimum atomic E-state index is -1.03. The van der Waals surface area contributed by atoms with Crippen molar-refractivity contribution >= 4 is 17.7 Å². The number of amides is 2. The number of carboxylic acid groups (broad SMARTS) is 1. The molecule has 0 aliphatic rings. The first kappa shape index (κ1) is 14.5. The molecule has 0 saturated carbocycles. The highest BCUT2D eigenvalue weighted by Gasteiger charge is 2.05. The summed E-state index contributed by atoms with van der Waals surface area (Å²) < 4.78 is 0. The molecule has 21 heavy (non-hydrogen) atoms. The molecule has 0 unspecified atom stereocenters. The van der Waals surface area contributed by atoms with Crippen molar-refractivity contribution in [2.45, 2.75) is 6.42 Å². The number of carbonyl (C=O) groups is 2. The molecule has 0 radical (unpaired) electrons. The molecule has 1 heterocycles. The Kier molecular flexibility index (Phi) is 4.87. The van der Waals surface area contributed by atoms with Gasteiger partial charge in [0.1, 0.15) is 0 Å². The highest BCUT2D eigenvalue weighted by atomic mass is 16.4. The number of aromatic nitrogens is 1. The van der Waals surface area contributed by atoms with E-state index in [4.69, 9.17) is 5.11 Å². The van der Waals surface area contributed by atoms with Crippen molar-refractivity contribution in [3.8, 4) is 0 Å². The van der Waals surface area contributed by atoms with Crippen molar-refractivity contribution in [2.24, 2.45) is 0 Å². The van der Waals surface area contributed by atoms with Gasteiger partial charge in [-0.3, -0.25) is 9.78 Å². The summed E-state index contributed by atoms with van der Waals surface area (Å²) in [5.41, 5.74) is 2.22. The molecule has 108 valence electrons. The fraction of sp³-hybridized carbons (Fsp3) is 0.133. The van der Waals surface area contributed by atoms with Crippen LogP contribution < -0.4 is 10.6 Å². The van der Waals surface area contributed by atoms with Crippen LogP contribution in [0.25, 0.3) is 0 Å². The number of hydrogen-bond donors (Lipinski definition) is 3. The number of anilines is 1. The highest BCUT2D eigenvalue weighted by Crippen LogP contribution is 2.11. The Morgan fingerprint density at radius 1 is 1.05 bits per heavy atom. The Morgan fingerprint density at radius 2 is 1.71 bits per heavy atom. The summed E-state index contributed by atoms with van der Waals surface area (Å²) in [4.78, 5) is 26.1. The molecule has 1 aromatic heterocycles. The van der Waals surface area contributed by atoms with Gasteiger partial charge in [0.05, 0.1) is 0 Å². The highest BCUT2D eigenvalue weighted by molar-refractivity contribution is 6.04. The molecule has 2 rings (SSSR count). The van der Waals surface area contributed by atoms with Gasteiger partial charge in [-0.15, -0.1) is 0 Å². The van der Waals surface area contributed by atoms with Crippen molar-refractivity contribution in [3.05, 3.63) is 59.9 Å². The summed E-state index contributed by atoms with van der Waals surface area (Å²) in [6, 6.07) is 10.6. The van der Waals surface area contributed by atoms with Crippen LogP contribution in [0.2, 0.25) is 0 Å². The molecule has 6 nitrogen and oxygen atoms in total. The summed E-state index contributed by atoms with van der Waals surface area (Å²) in [5, 5.41) is 13.6. The van der Waals surface area contributed by atoms with E-state index < -0.39 is 6.09 Å². The number of carbonyl (C=O) groups excluding carboxylic acids is 1. The van der Waals surface area contributed by atoms with Gasteiger partial charge in [0.15, 0.2) is 0 Å². The van der Waals surface area contributed by atoms with Crippen LogP contribution in [-0.4, -0.2) is 28.6 Å². The van der Waals surface area contributed by atoms with E-state index >= 15 is 0 Å². The van der Waals surface area contributed by atoms with Gasteiger partial charge in [-0.25, -0.2) is 4.79 Å². The summed E-state index contributed by atoms with van der Waals surface area (Å²) in [6.45, 7) is 0.359. The standard InChI is InChI=1S/C15H15N3O3/c19-14(12-6-8-16-9-7-12)18-13-3-1-11(2-4-13)5-10-17-15(20)21/h1-4,6-9,17H,5,10H2,(H,18,19)(H,20,21). The Morgan fingerprint density at radius 3 is 2.33 bits per heavy atom. The Balaban J connectivity index is 1.90. The monoisotopic (exact) mass is 285 g/mol. The van der Waals surface area contributed by atoms with Crippen molar-refractivity contribution in [1.82, 2.24) is 10.3 Å². The minimum absolute atomic E-state index is 0.197. The van der Waals surface area contributed by atoms with Gasteiger partial charge in [0, 0.05) is 30.2 Å². The number of hydrogen-bond acceptors (Lipinski definition) is 3. The number of benzene rings is 1. The fourth-order valence-electron chi connectivity index (χ4n) is 1.78. The number of nitrogens with zero attached hydrogens (tertiary/aromatic N) is 1. The molecular formula is C15H15N3O3. The van der Waals surface area contributed by atoms with E-state index in [0.29, 0.717) is 24.2 Å². The van der Waals surface area contributed by atoms with E-state index in [1.54, 1.807) is 36.7 Å². The zero-order valence-electron chi connectivity index (χ0n) is 11.2. The molecule has 0 bridgehead atoms. The van der Waals surface area contributed by atoms with Gasteiger partial charge >= 0.3 is 6.09 Å². The van der Waals surface area contributed by atoms with Crippen molar-refractivity contribution in [2.75, 3.05) is 11.9 Å². The lowest BCUT2D eigenvalue weighted by atomic mass is 10.1. The molecule has 0 fully saturated rings. The second-order valence-corrected chi connectivity index (χ2v) is 4.37. The zero-order chi connectivity index (χ0) is 15.1. The Bertz CT molecular complexity index is 612. The van der Waals surface area contributed by atoms with E-state index in [9.17, 15) is 9.59 Å². The largest absolute Gasteiger partial charge is 0.465 e. The normalized spacial score (nSPS) is 9.90. The molecule has 0 atom stereocenters. The van der Waals surface area contributed by atoms with E-state index in [1.165, 1.54) is 0 Å². The maximum Gasteiger partial charge on any atom is 0.404 e. The number of rotatable bonds is 5. The lowest BCUT2D eigenvalue weighted by Crippen LogP contribution is -2.23. The lowest BCUT2D eigenvalue weighted by molar-refractivity contribution is 0.102. The van der Waals surface area contributed by atoms with Gasteiger partial charge in [-0.2, -0.15) is 0 Å². The van der Waals surface area contributed by atoms with Crippen LogP contribution in [0.3, 0.4) is 0 Å². The summed E-state index contributed by atoms with van der Waals surface area (Å²) in [5.74, 6) is -0.197. The molecule has 0 aliphatic heterocycles. The smallest absolute Gasteiger partial charge is 0.404 e. The quantitative estimate of drug-likeness (QED) is 0.785. The van der Waals surface area contributed by atoms with Crippen molar-refractivity contribution in [1.29, 1.82) is 0 Å². The van der Waals surface area contributed by atoms with Crippen LogP contribution in [0.4, 0.5) is 10.5 Å². The van der Waals surface area contributed by atoms with Gasteiger partial charge in [0.25, 0.3) is 5.91 Å². The van der Waals surface area contributed by atoms with Crippen molar-refractivity contribution in [3.63, 3.8) is 0 Å². The van der Waals surface area contributed by atoms with Gasteiger partial charge in [-0.1, -0.05) is 12.1 Å². The molecule has 2 amide bonds. The number of nitrogens with one attached hydrogen (secondary N) is 2. The summed E-state index contributed by atoms with van der Waals surface area (Å²) >= 11 is 0. The van der Waals surface area contributed by atoms with Gasteiger partial charge < -0.3 is 15.7 Å². The minimum Gasteiger partial charge on any atom is -0.465 e. The molecule has 0 spiro atoms. The predicted octanol–water partition coefficient (Wildman–Crippen LogP) is 2.14. The van der Waals surface area contributed by atoms with Crippen LogP contribution in [0.5, 0.6) is 0 Å².